The molecule has 0 unspecified atom stereocenters. The van der Waals surface area contributed by atoms with E-state index in [1.165, 1.54) is 62.5 Å². The van der Waals surface area contributed by atoms with Crippen molar-refractivity contribution in [3.63, 3.8) is 0 Å². The molecule has 0 saturated heterocycles. The molecule has 1 aromatic heterocycles. The lowest BCUT2D eigenvalue weighted by atomic mass is 9.83. The Labute approximate surface area is 212 Å². The van der Waals surface area contributed by atoms with Crippen LogP contribution in [0.2, 0.25) is 0 Å². The van der Waals surface area contributed by atoms with Gasteiger partial charge in [-0.2, -0.15) is 0 Å². The van der Waals surface area contributed by atoms with Gasteiger partial charge in [-0.15, -0.1) is 0 Å². The molecule has 0 amide bonds. The molecular weight excluding hydrogens is 446 g/mol. The molecule has 0 spiro atoms. The Morgan fingerprint density at radius 2 is 1.42 bits per heavy atom. The highest BCUT2D eigenvalue weighted by Gasteiger charge is 2.23. The molecule has 6 rings (SSSR count). The first-order chi connectivity index (χ1) is 17.7. The maximum Gasteiger partial charge on any atom is 0.363 e. The van der Waals surface area contributed by atoms with E-state index in [2.05, 4.69) is 30.3 Å². The number of fused-ring (bicyclic) bond motifs is 1. The van der Waals surface area contributed by atoms with Crippen LogP contribution in [0.4, 0.5) is 0 Å². The summed E-state index contributed by atoms with van der Waals surface area (Å²) in [4.78, 5) is 17.6. The fourth-order valence-electron chi connectivity index (χ4n) is 6.02. The number of hydrogen-bond donors (Lipinski definition) is 0. The van der Waals surface area contributed by atoms with Crippen LogP contribution in [0.15, 0.2) is 75.9 Å². The average molecular weight is 480 g/mol. The molecule has 4 heteroatoms. The minimum Gasteiger partial charge on any atom is -0.457 e. The number of hydrogen-bond acceptors (Lipinski definition) is 4. The lowest BCUT2D eigenvalue weighted by Gasteiger charge is -2.25. The Kier molecular flexibility index (Phi) is 6.59. The highest BCUT2D eigenvalue weighted by Crippen LogP contribution is 2.41. The molecule has 0 atom stereocenters. The molecule has 2 aliphatic rings. The first-order valence-corrected chi connectivity index (χ1v) is 13.6. The van der Waals surface area contributed by atoms with Gasteiger partial charge >= 0.3 is 5.63 Å². The minimum atomic E-state index is -0.429. The molecular formula is C32H33NO3. The third-order valence-electron chi connectivity index (χ3n) is 8.00. The van der Waals surface area contributed by atoms with E-state index in [0.29, 0.717) is 28.6 Å². The van der Waals surface area contributed by atoms with Gasteiger partial charge in [0.1, 0.15) is 17.0 Å². The van der Waals surface area contributed by atoms with Gasteiger partial charge in [0.05, 0.1) is 0 Å². The molecule has 0 bridgehead atoms. The van der Waals surface area contributed by atoms with Crippen molar-refractivity contribution in [2.45, 2.75) is 76.0 Å². The van der Waals surface area contributed by atoms with Crippen LogP contribution in [0.3, 0.4) is 0 Å². The summed E-state index contributed by atoms with van der Waals surface area (Å²) in [5, 5.41) is 0. The molecule has 2 saturated carbocycles. The summed E-state index contributed by atoms with van der Waals surface area (Å²) >= 11 is 0. The van der Waals surface area contributed by atoms with Gasteiger partial charge in [-0.1, -0.05) is 81.0 Å². The summed E-state index contributed by atoms with van der Waals surface area (Å²) in [6, 6.07) is 22.1. The zero-order valence-electron chi connectivity index (χ0n) is 20.7. The van der Waals surface area contributed by atoms with Crippen molar-refractivity contribution < 1.29 is 9.15 Å². The number of rotatable bonds is 5. The first-order valence-electron chi connectivity index (χ1n) is 13.6. The quantitative estimate of drug-likeness (QED) is 0.287. The van der Waals surface area contributed by atoms with Gasteiger partial charge in [0.25, 0.3) is 0 Å². The van der Waals surface area contributed by atoms with E-state index in [0.717, 1.165) is 29.9 Å². The Morgan fingerprint density at radius 3 is 2.11 bits per heavy atom. The fraction of sp³-hybridized carbons (Fsp3) is 0.375. The topological polar surface area (TPSA) is 52.3 Å². The largest absolute Gasteiger partial charge is 0.457 e. The number of benzene rings is 3. The van der Waals surface area contributed by atoms with Crippen molar-refractivity contribution in [3.05, 3.63) is 88.3 Å². The average Bonchev–Trinajstić information content (AvgIpc) is 2.94. The minimum absolute atomic E-state index is 0.352. The van der Waals surface area contributed by atoms with E-state index >= 15 is 0 Å². The summed E-state index contributed by atoms with van der Waals surface area (Å²) in [6.07, 6.45) is 12.6. The van der Waals surface area contributed by atoms with Crippen molar-refractivity contribution in [3.8, 4) is 22.8 Å². The van der Waals surface area contributed by atoms with E-state index in [1.54, 1.807) is 0 Å². The Bertz CT molecular complexity index is 1380. The predicted molar refractivity (Wildman–Crippen MR) is 144 cm³/mol. The van der Waals surface area contributed by atoms with Crippen molar-refractivity contribution in [1.82, 2.24) is 4.98 Å². The van der Waals surface area contributed by atoms with Gasteiger partial charge in [0.2, 0.25) is 0 Å². The lowest BCUT2D eigenvalue weighted by Crippen LogP contribution is -2.09. The maximum absolute atomic E-state index is 12.8. The van der Waals surface area contributed by atoms with Crippen LogP contribution in [0.1, 0.15) is 87.2 Å². The van der Waals surface area contributed by atoms with Gasteiger partial charge in [-0.05, 0) is 61.3 Å². The molecule has 36 heavy (non-hydrogen) atoms. The number of nitrogens with zero attached hydrogens (tertiary/aromatic N) is 1. The second kappa shape index (κ2) is 10.3. The van der Waals surface area contributed by atoms with Crippen LogP contribution in [0.5, 0.6) is 11.5 Å². The van der Waals surface area contributed by atoms with Gasteiger partial charge in [0.15, 0.2) is 11.3 Å². The summed E-state index contributed by atoms with van der Waals surface area (Å²) in [7, 11) is 0. The lowest BCUT2D eigenvalue weighted by molar-refractivity contribution is 0.418. The maximum atomic E-state index is 12.8. The van der Waals surface area contributed by atoms with Crippen LogP contribution in [0, 0.1) is 0 Å². The van der Waals surface area contributed by atoms with Gasteiger partial charge in [0, 0.05) is 17.2 Å². The zero-order valence-corrected chi connectivity index (χ0v) is 20.7. The molecule has 184 valence electrons. The van der Waals surface area contributed by atoms with Crippen LogP contribution in [0.25, 0.3) is 22.4 Å². The number of ether oxygens (including phenoxy) is 1. The highest BCUT2D eigenvalue weighted by atomic mass is 16.5. The standard InChI is InChI=1S/C32H33NO3/c34-32-31(25-14-8-3-9-15-25)33-28-20-27(24-12-6-2-7-13-24)29(21-30(28)36-32)35-26-18-16-23(17-19-26)22-10-4-1-5-11-22/h3,8-9,14-22,24H,1-2,4-7,10-13H2. The fourth-order valence-corrected chi connectivity index (χ4v) is 6.02. The SMILES string of the molecule is O=c1oc2cc(Oc3ccc(C4CCCCC4)cc3)c(C3CCCCC3)cc2nc1-c1ccccc1. The van der Waals surface area contributed by atoms with E-state index in [4.69, 9.17) is 14.1 Å². The number of aromatic nitrogens is 1. The smallest absolute Gasteiger partial charge is 0.363 e. The first kappa shape index (κ1) is 23.0. The van der Waals surface area contributed by atoms with Gasteiger partial charge in [-0.25, -0.2) is 9.78 Å². The van der Waals surface area contributed by atoms with E-state index < -0.39 is 5.63 Å². The molecule has 1 heterocycles. The van der Waals surface area contributed by atoms with E-state index in [1.807, 2.05) is 36.4 Å². The van der Waals surface area contributed by atoms with E-state index in [-0.39, 0.29) is 0 Å². The summed E-state index contributed by atoms with van der Waals surface area (Å²) in [6.45, 7) is 0. The molecule has 0 aliphatic heterocycles. The third kappa shape index (κ3) is 4.82. The normalized spacial score (nSPS) is 17.3. The molecule has 4 aromatic rings. The van der Waals surface area contributed by atoms with Crippen LogP contribution >= 0.6 is 0 Å². The van der Waals surface area contributed by atoms with Crippen molar-refractivity contribution >= 4 is 11.1 Å². The van der Waals surface area contributed by atoms with Gasteiger partial charge < -0.3 is 9.15 Å². The molecule has 3 aromatic carbocycles. The van der Waals surface area contributed by atoms with Crippen LogP contribution in [-0.2, 0) is 0 Å². The molecule has 0 radical (unpaired) electrons. The molecule has 2 fully saturated rings. The Hall–Kier alpha value is -3.40. The Morgan fingerprint density at radius 1 is 0.750 bits per heavy atom. The van der Waals surface area contributed by atoms with Crippen molar-refractivity contribution in [2.75, 3.05) is 0 Å². The third-order valence-corrected chi connectivity index (χ3v) is 8.00. The monoisotopic (exact) mass is 479 g/mol. The van der Waals surface area contributed by atoms with Crippen LogP contribution < -0.4 is 10.4 Å². The zero-order chi connectivity index (χ0) is 24.3. The molecule has 4 nitrogen and oxygen atoms in total. The van der Waals surface area contributed by atoms with Crippen LogP contribution in [-0.4, -0.2) is 4.98 Å². The second-order valence-corrected chi connectivity index (χ2v) is 10.4. The molecule has 0 N–H and O–H groups in total. The summed E-state index contributed by atoms with van der Waals surface area (Å²) in [5.74, 6) is 2.69. The van der Waals surface area contributed by atoms with E-state index in [9.17, 15) is 4.79 Å². The predicted octanol–water partition coefficient (Wildman–Crippen LogP) is 8.74. The summed E-state index contributed by atoms with van der Waals surface area (Å²) in [5.41, 5.74) is 4.44. The highest BCUT2D eigenvalue weighted by molar-refractivity contribution is 5.78. The van der Waals surface area contributed by atoms with Crippen molar-refractivity contribution in [2.24, 2.45) is 0 Å². The second-order valence-electron chi connectivity index (χ2n) is 10.4. The Balaban J connectivity index is 1.37. The van der Waals surface area contributed by atoms with Crippen molar-refractivity contribution in [1.29, 1.82) is 0 Å². The molecule has 2 aliphatic carbocycles. The van der Waals surface area contributed by atoms with Gasteiger partial charge in [-0.3, -0.25) is 0 Å². The summed E-state index contributed by atoms with van der Waals surface area (Å²) < 4.78 is 12.2.